The molecule has 2 aromatic rings. The molecule has 0 aromatic heterocycles. The summed E-state index contributed by atoms with van der Waals surface area (Å²) in [5, 5.41) is 8.84. The normalized spacial score (nSPS) is 15.1. The predicted octanol–water partition coefficient (Wildman–Crippen LogP) is 4.82. The third-order valence-electron chi connectivity index (χ3n) is 3.80. The van der Waals surface area contributed by atoms with Crippen LogP contribution in [-0.2, 0) is 9.59 Å². The smallest absolute Gasteiger partial charge is 0.341 e. The van der Waals surface area contributed by atoms with Crippen LogP contribution in [0.3, 0.4) is 0 Å². The number of aliphatic carboxylic acids is 1. The number of ether oxygens (including phenoxy) is 2. The van der Waals surface area contributed by atoms with E-state index in [1.54, 1.807) is 36.4 Å². The van der Waals surface area contributed by atoms with Crippen molar-refractivity contribution >= 4 is 68.2 Å². The number of amides is 2. The molecule has 29 heavy (non-hydrogen) atoms. The zero-order valence-corrected chi connectivity index (χ0v) is 18.0. The van der Waals surface area contributed by atoms with Gasteiger partial charge in [-0.2, -0.15) is 0 Å². The number of hydrogen-bond acceptors (Lipinski definition) is 6. The van der Waals surface area contributed by atoms with Gasteiger partial charge in [-0.25, -0.2) is 9.69 Å². The summed E-state index contributed by atoms with van der Waals surface area (Å²) in [7, 11) is 1.41. The number of carbonyl (C=O) groups excluding carboxylic acids is 2. The Morgan fingerprint density at radius 1 is 1.24 bits per heavy atom. The van der Waals surface area contributed by atoms with Gasteiger partial charge in [0.2, 0.25) is 0 Å². The number of halogens is 2. The Morgan fingerprint density at radius 2 is 1.93 bits per heavy atom. The van der Waals surface area contributed by atoms with Crippen molar-refractivity contribution in [2.45, 2.75) is 0 Å². The van der Waals surface area contributed by atoms with E-state index in [1.165, 1.54) is 13.2 Å². The number of carboxylic acid groups (broad SMARTS) is 1. The fourth-order valence-corrected chi connectivity index (χ4v) is 3.89. The molecule has 1 heterocycles. The largest absolute Gasteiger partial charge is 0.493 e. The Hall–Kier alpha value is -2.49. The zero-order chi connectivity index (χ0) is 21.1. The van der Waals surface area contributed by atoms with Crippen LogP contribution in [0.4, 0.5) is 10.5 Å². The van der Waals surface area contributed by atoms with E-state index in [4.69, 9.17) is 26.2 Å². The van der Waals surface area contributed by atoms with Crippen LogP contribution in [0.1, 0.15) is 5.56 Å². The molecule has 1 N–H and O–H groups in total. The number of carboxylic acids is 1. The maximum Gasteiger partial charge on any atom is 0.341 e. The minimum absolute atomic E-state index is 0.229. The van der Waals surface area contributed by atoms with Crippen LogP contribution in [0.15, 0.2) is 45.8 Å². The van der Waals surface area contributed by atoms with Gasteiger partial charge in [0.25, 0.3) is 11.1 Å². The second kappa shape index (κ2) is 8.89. The molecule has 3 rings (SSSR count). The molecule has 0 aliphatic carbocycles. The van der Waals surface area contributed by atoms with Gasteiger partial charge in [-0.3, -0.25) is 9.59 Å². The van der Waals surface area contributed by atoms with E-state index in [9.17, 15) is 14.4 Å². The molecule has 0 bridgehead atoms. The summed E-state index contributed by atoms with van der Waals surface area (Å²) in [5.74, 6) is -1.06. The minimum atomic E-state index is -1.12. The lowest BCUT2D eigenvalue weighted by atomic mass is 10.1. The highest BCUT2D eigenvalue weighted by molar-refractivity contribution is 9.10. The van der Waals surface area contributed by atoms with Crippen LogP contribution in [0, 0.1) is 0 Å². The molecule has 1 aliphatic heterocycles. The highest BCUT2D eigenvalue weighted by Crippen LogP contribution is 2.39. The van der Waals surface area contributed by atoms with Gasteiger partial charge in [0.1, 0.15) is 0 Å². The summed E-state index contributed by atoms with van der Waals surface area (Å²) in [6.45, 7) is -0.526. The van der Waals surface area contributed by atoms with Crippen molar-refractivity contribution in [3.63, 3.8) is 0 Å². The summed E-state index contributed by atoms with van der Waals surface area (Å²) in [5.41, 5.74) is 0.987. The van der Waals surface area contributed by atoms with E-state index >= 15 is 0 Å². The summed E-state index contributed by atoms with van der Waals surface area (Å²) < 4.78 is 11.0. The molecule has 1 saturated heterocycles. The SMILES string of the molecule is COc1cc(/C=C2/SC(=O)N(c3ccc(Cl)cc3)C2=O)c(Br)cc1OCC(=O)O. The van der Waals surface area contributed by atoms with E-state index in [0.29, 0.717) is 20.7 Å². The van der Waals surface area contributed by atoms with Crippen LogP contribution in [0.2, 0.25) is 5.02 Å². The Balaban J connectivity index is 1.91. The van der Waals surface area contributed by atoms with Crippen molar-refractivity contribution in [3.8, 4) is 11.5 Å². The molecule has 0 atom stereocenters. The van der Waals surface area contributed by atoms with Gasteiger partial charge < -0.3 is 14.6 Å². The first-order chi connectivity index (χ1) is 13.8. The van der Waals surface area contributed by atoms with Gasteiger partial charge in [-0.15, -0.1) is 0 Å². The van der Waals surface area contributed by atoms with Gasteiger partial charge in [0.15, 0.2) is 18.1 Å². The molecule has 7 nitrogen and oxygen atoms in total. The highest BCUT2D eigenvalue weighted by Gasteiger charge is 2.36. The van der Waals surface area contributed by atoms with Crippen LogP contribution < -0.4 is 14.4 Å². The molecular weight excluding hydrogens is 486 g/mol. The maximum atomic E-state index is 12.8. The lowest BCUT2D eigenvalue weighted by Crippen LogP contribution is -2.27. The molecule has 2 aromatic carbocycles. The predicted molar refractivity (Wildman–Crippen MR) is 114 cm³/mol. The third-order valence-corrected chi connectivity index (χ3v) is 5.61. The number of anilines is 1. The standard InChI is InChI=1S/C19H13BrClNO6S/c1-27-14-6-10(13(20)8-15(14)28-9-17(23)24)7-16-18(25)22(19(26)29-16)12-4-2-11(21)3-5-12/h2-8H,9H2,1H3,(H,23,24)/b16-7+. The molecule has 0 spiro atoms. The Kier molecular flexibility index (Phi) is 6.51. The number of imide groups is 1. The fraction of sp³-hybridized carbons (Fsp3) is 0.105. The second-order valence-electron chi connectivity index (χ2n) is 5.70. The fourth-order valence-electron chi connectivity index (χ4n) is 2.50. The average molecular weight is 499 g/mol. The lowest BCUT2D eigenvalue weighted by molar-refractivity contribution is -0.139. The van der Waals surface area contributed by atoms with Gasteiger partial charge in [0.05, 0.1) is 17.7 Å². The lowest BCUT2D eigenvalue weighted by Gasteiger charge is -2.13. The number of hydrogen-bond donors (Lipinski definition) is 1. The van der Waals surface area contributed by atoms with Crippen LogP contribution in [-0.4, -0.2) is 35.9 Å². The van der Waals surface area contributed by atoms with Crippen molar-refractivity contribution in [2.24, 2.45) is 0 Å². The summed E-state index contributed by atoms with van der Waals surface area (Å²) in [6, 6.07) is 9.50. The maximum absolute atomic E-state index is 12.8. The molecule has 0 saturated carbocycles. The number of rotatable bonds is 6. The van der Waals surface area contributed by atoms with Crippen molar-refractivity contribution in [1.82, 2.24) is 0 Å². The Morgan fingerprint density at radius 3 is 2.55 bits per heavy atom. The molecule has 10 heteroatoms. The number of methoxy groups -OCH3 is 1. The van der Waals surface area contributed by atoms with E-state index in [2.05, 4.69) is 15.9 Å². The van der Waals surface area contributed by atoms with Crippen molar-refractivity contribution in [2.75, 3.05) is 18.6 Å². The molecule has 1 fully saturated rings. The number of carbonyl (C=O) groups is 3. The first-order valence-electron chi connectivity index (χ1n) is 8.06. The van der Waals surface area contributed by atoms with Crippen LogP contribution in [0.5, 0.6) is 11.5 Å². The van der Waals surface area contributed by atoms with Crippen LogP contribution in [0.25, 0.3) is 6.08 Å². The highest BCUT2D eigenvalue weighted by atomic mass is 79.9. The topological polar surface area (TPSA) is 93.1 Å². The van der Waals surface area contributed by atoms with E-state index in [1.807, 2.05) is 0 Å². The van der Waals surface area contributed by atoms with Gasteiger partial charge in [-0.05, 0) is 59.8 Å². The van der Waals surface area contributed by atoms with Crippen molar-refractivity contribution in [3.05, 3.63) is 56.4 Å². The second-order valence-corrected chi connectivity index (χ2v) is 7.98. The van der Waals surface area contributed by atoms with E-state index in [-0.39, 0.29) is 16.4 Å². The van der Waals surface area contributed by atoms with Gasteiger partial charge in [0, 0.05) is 9.50 Å². The van der Waals surface area contributed by atoms with E-state index < -0.39 is 23.7 Å². The number of benzene rings is 2. The van der Waals surface area contributed by atoms with E-state index in [0.717, 1.165) is 16.7 Å². The zero-order valence-electron chi connectivity index (χ0n) is 14.8. The molecule has 0 unspecified atom stereocenters. The summed E-state index contributed by atoms with van der Waals surface area (Å²) in [4.78, 5) is 37.1. The first kappa shape index (κ1) is 21.2. The molecule has 1 aliphatic rings. The monoisotopic (exact) mass is 497 g/mol. The van der Waals surface area contributed by atoms with Gasteiger partial charge in [-0.1, -0.05) is 27.5 Å². The Labute approximate surface area is 183 Å². The molecule has 0 radical (unpaired) electrons. The number of thioether (sulfide) groups is 1. The van der Waals surface area contributed by atoms with Crippen molar-refractivity contribution < 1.29 is 29.0 Å². The quantitative estimate of drug-likeness (QED) is 0.571. The summed E-state index contributed by atoms with van der Waals surface area (Å²) >= 11 is 10.0. The van der Waals surface area contributed by atoms with Crippen LogP contribution >= 0.6 is 39.3 Å². The molecular formula is C19H13BrClNO6S. The van der Waals surface area contributed by atoms with Crippen molar-refractivity contribution in [1.29, 1.82) is 0 Å². The summed E-state index contributed by atoms with van der Waals surface area (Å²) in [6.07, 6.45) is 1.55. The molecule has 150 valence electrons. The number of nitrogens with zero attached hydrogens (tertiary/aromatic N) is 1. The minimum Gasteiger partial charge on any atom is -0.493 e. The third kappa shape index (κ3) is 4.75. The molecule has 2 amide bonds. The average Bonchev–Trinajstić information content (AvgIpc) is 2.95. The first-order valence-corrected chi connectivity index (χ1v) is 10.0. The Bertz CT molecular complexity index is 1020. The van der Waals surface area contributed by atoms with Gasteiger partial charge >= 0.3 is 5.97 Å².